The number of nitrogens with zero attached hydrogens (tertiary/aromatic N) is 4. The first-order valence-electron chi connectivity index (χ1n) is 9.58. The van der Waals surface area contributed by atoms with Gasteiger partial charge in [-0.1, -0.05) is 11.6 Å². The van der Waals surface area contributed by atoms with Crippen molar-refractivity contribution in [3.8, 4) is 0 Å². The van der Waals surface area contributed by atoms with Crippen LogP contribution in [-0.2, 0) is 6.54 Å². The molecule has 0 spiro atoms. The Morgan fingerprint density at radius 1 is 1.22 bits per heavy atom. The molecule has 3 rings (SSSR count). The Hall–Kier alpha value is -1.86. The summed E-state index contributed by atoms with van der Waals surface area (Å²) in [7, 11) is 0. The molecule has 1 aromatic carbocycles. The third-order valence-corrected chi connectivity index (χ3v) is 5.85. The van der Waals surface area contributed by atoms with Gasteiger partial charge in [-0.15, -0.1) is 0 Å². The second kappa shape index (κ2) is 8.44. The molecular formula is C19H27ClN4O3. The van der Waals surface area contributed by atoms with Crippen molar-refractivity contribution in [1.29, 1.82) is 0 Å². The minimum absolute atomic E-state index is 0.0597. The standard InChI is InChI=1S/C19H27ClN4O3/c1-14-12-21(8-9-23(14)19(25)22-6-4-3-5-7-22)13-16-10-17(20)11-18(15(16)2)24(26)27/h10-11,14H,3-9,12-13H2,1-2H3. The molecule has 1 aromatic rings. The third kappa shape index (κ3) is 4.52. The Balaban J connectivity index is 1.65. The van der Waals surface area contributed by atoms with Gasteiger partial charge in [0.25, 0.3) is 5.69 Å². The fraction of sp³-hybridized carbons (Fsp3) is 0.632. The zero-order valence-corrected chi connectivity index (χ0v) is 16.7. The number of amides is 2. The smallest absolute Gasteiger partial charge is 0.320 e. The van der Waals surface area contributed by atoms with Crippen LogP contribution in [0.3, 0.4) is 0 Å². The summed E-state index contributed by atoms with van der Waals surface area (Å²) in [6.45, 7) is 8.34. The van der Waals surface area contributed by atoms with Gasteiger partial charge in [0.15, 0.2) is 0 Å². The number of nitro groups is 1. The lowest BCUT2D eigenvalue weighted by Crippen LogP contribution is -2.57. The summed E-state index contributed by atoms with van der Waals surface area (Å²) in [5.74, 6) is 0. The second-order valence-corrected chi connectivity index (χ2v) is 8.01. The van der Waals surface area contributed by atoms with E-state index in [1.165, 1.54) is 12.5 Å². The van der Waals surface area contributed by atoms with E-state index >= 15 is 0 Å². The average molecular weight is 395 g/mol. The first-order chi connectivity index (χ1) is 12.9. The summed E-state index contributed by atoms with van der Waals surface area (Å²) in [5, 5.41) is 11.6. The lowest BCUT2D eigenvalue weighted by molar-refractivity contribution is -0.385. The van der Waals surface area contributed by atoms with E-state index in [0.29, 0.717) is 23.7 Å². The molecule has 0 N–H and O–H groups in total. The van der Waals surface area contributed by atoms with Gasteiger partial charge in [0, 0.05) is 62.0 Å². The highest BCUT2D eigenvalue weighted by molar-refractivity contribution is 6.30. The molecule has 27 heavy (non-hydrogen) atoms. The molecule has 0 saturated carbocycles. The number of hydrogen-bond acceptors (Lipinski definition) is 4. The van der Waals surface area contributed by atoms with Crippen molar-refractivity contribution in [1.82, 2.24) is 14.7 Å². The lowest BCUT2D eigenvalue weighted by Gasteiger charge is -2.42. The zero-order chi connectivity index (χ0) is 19.6. The summed E-state index contributed by atoms with van der Waals surface area (Å²) < 4.78 is 0. The number of piperazine rings is 1. The summed E-state index contributed by atoms with van der Waals surface area (Å²) in [5.41, 5.74) is 1.59. The number of urea groups is 1. The van der Waals surface area contributed by atoms with Gasteiger partial charge in [-0.05, 0) is 44.7 Å². The Morgan fingerprint density at radius 2 is 1.93 bits per heavy atom. The van der Waals surface area contributed by atoms with E-state index in [9.17, 15) is 14.9 Å². The fourth-order valence-electron chi connectivity index (χ4n) is 4.04. The first kappa shape index (κ1) is 19.9. The highest BCUT2D eigenvalue weighted by atomic mass is 35.5. The molecule has 2 saturated heterocycles. The molecule has 0 radical (unpaired) electrons. The maximum Gasteiger partial charge on any atom is 0.320 e. The van der Waals surface area contributed by atoms with Crippen molar-refractivity contribution in [2.24, 2.45) is 0 Å². The Morgan fingerprint density at radius 3 is 2.56 bits per heavy atom. The fourth-order valence-corrected chi connectivity index (χ4v) is 4.28. The van der Waals surface area contributed by atoms with Crippen molar-refractivity contribution < 1.29 is 9.72 Å². The molecule has 148 valence electrons. The van der Waals surface area contributed by atoms with Crippen LogP contribution in [0.15, 0.2) is 12.1 Å². The van der Waals surface area contributed by atoms with Crippen LogP contribution >= 0.6 is 11.6 Å². The number of rotatable bonds is 3. The molecule has 2 fully saturated rings. The number of hydrogen-bond donors (Lipinski definition) is 0. The molecule has 0 aromatic heterocycles. The van der Waals surface area contributed by atoms with Gasteiger partial charge in [-0.25, -0.2) is 4.79 Å². The van der Waals surface area contributed by atoms with Crippen LogP contribution in [0.2, 0.25) is 5.02 Å². The Bertz CT molecular complexity index is 721. The normalized spacial score (nSPS) is 21.4. The van der Waals surface area contributed by atoms with Crippen molar-refractivity contribution in [2.75, 3.05) is 32.7 Å². The summed E-state index contributed by atoms with van der Waals surface area (Å²) >= 11 is 6.08. The predicted octanol–water partition coefficient (Wildman–Crippen LogP) is 3.67. The van der Waals surface area contributed by atoms with E-state index in [0.717, 1.165) is 44.6 Å². The summed E-state index contributed by atoms with van der Waals surface area (Å²) in [4.78, 5) is 29.8. The molecule has 0 bridgehead atoms. The minimum atomic E-state index is -0.386. The van der Waals surface area contributed by atoms with Gasteiger partial charge in [-0.3, -0.25) is 15.0 Å². The predicted molar refractivity (Wildman–Crippen MR) is 105 cm³/mol. The number of nitro benzene ring substituents is 1. The maximum atomic E-state index is 12.8. The molecule has 1 unspecified atom stereocenters. The van der Waals surface area contributed by atoms with E-state index in [4.69, 9.17) is 11.6 Å². The van der Waals surface area contributed by atoms with Crippen molar-refractivity contribution in [3.63, 3.8) is 0 Å². The highest BCUT2D eigenvalue weighted by Crippen LogP contribution is 2.28. The van der Waals surface area contributed by atoms with Gasteiger partial charge in [0.2, 0.25) is 0 Å². The summed E-state index contributed by atoms with van der Waals surface area (Å²) in [6, 6.07) is 3.47. The largest absolute Gasteiger partial charge is 0.325 e. The van der Waals surface area contributed by atoms with Gasteiger partial charge in [0.05, 0.1) is 4.92 Å². The topological polar surface area (TPSA) is 69.9 Å². The van der Waals surface area contributed by atoms with Crippen LogP contribution < -0.4 is 0 Å². The molecule has 2 heterocycles. The number of carbonyl (C=O) groups excluding carboxylic acids is 1. The molecular weight excluding hydrogens is 368 g/mol. The second-order valence-electron chi connectivity index (χ2n) is 7.57. The third-order valence-electron chi connectivity index (χ3n) is 5.63. The van der Waals surface area contributed by atoms with Gasteiger partial charge < -0.3 is 9.80 Å². The highest BCUT2D eigenvalue weighted by Gasteiger charge is 2.31. The molecule has 2 aliphatic heterocycles. The van der Waals surface area contributed by atoms with Gasteiger partial charge in [0.1, 0.15) is 0 Å². The SMILES string of the molecule is Cc1c(CN2CCN(C(=O)N3CCCCC3)C(C)C2)cc(Cl)cc1[N+](=O)[O-]. The molecule has 7 nitrogen and oxygen atoms in total. The van der Waals surface area contributed by atoms with E-state index in [-0.39, 0.29) is 22.7 Å². The van der Waals surface area contributed by atoms with Crippen molar-refractivity contribution in [2.45, 2.75) is 45.7 Å². The molecule has 1 atom stereocenters. The van der Waals surface area contributed by atoms with Crippen LogP contribution in [0.4, 0.5) is 10.5 Å². The lowest BCUT2D eigenvalue weighted by atomic mass is 10.0. The number of halogens is 1. The average Bonchev–Trinajstić information content (AvgIpc) is 2.64. The number of likely N-dealkylation sites (tertiary alicyclic amines) is 1. The van der Waals surface area contributed by atoms with Gasteiger partial charge in [-0.2, -0.15) is 0 Å². The molecule has 8 heteroatoms. The van der Waals surface area contributed by atoms with E-state index < -0.39 is 0 Å². The zero-order valence-electron chi connectivity index (χ0n) is 16.0. The first-order valence-corrected chi connectivity index (χ1v) is 9.96. The van der Waals surface area contributed by atoms with Crippen LogP contribution in [0, 0.1) is 17.0 Å². The molecule has 2 aliphatic rings. The van der Waals surface area contributed by atoms with Crippen LogP contribution in [-0.4, -0.2) is 64.4 Å². The summed E-state index contributed by atoms with van der Waals surface area (Å²) in [6.07, 6.45) is 3.39. The van der Waals surface area contributed by atoms with Crippen molar-refractivity contribution >= 4 is 23.3 Å². The van der Waals surface area contributed by atoms with E-state index in [2.05, 4.69) is 11.8 Å². The maximum absolute atomic E-state index is 12.8. The molecule has 2 amide bonds. The molecule has 0 aliphatic carbocycles. The number of piperidine rings is 1. The van der Waals surface area contributed by atoms with Crippen LogP contribution in [0.1, 0.15) is 37.3 Å². The number of carbonyl (C=O) groups is 1. The van der Waals surface area contributed by atoms with Crippen LogP contribution in [0.25, 0.3) is 0 Å². The van der Waals surface area contributed by atoms with Gasteiger partial charge >= 0.3 is 6.03 Å². The van der Waals surface area contributed by atoms with E-state index in [1.54, 1.807) is 13.0 Å². The Kier molecular flexibility index (Phi) is 6.22. The minimum Gasteiger partial charge on any atom is -0.325 e. The van der Waals surface area contributed by atoms with Crippen molar-refractivity contribution in [3.05, 3.63) is 38.4 Å². The number of benzene rings is 1. The Labute approximate surface area is 165 Å². The quantitative estimate of drug-likeness (QED) is 0.579. The van der Waals surface area contributed by atoms with E-state index in [1.807, 2.05) is 9.80 Å². The monoisotopic (exact) mass is 394 g/mol. The van der Waals surface area contributed by atoms with Crippen LogP contribution in [0.5, 0.6) is 0 Å².